The molecule has 0 radical (unpaired) electrons. The molecule has 6 rings (SSSR count). The Morgan fingerprint density at radius 1 is 0.733 bits per heavy atom. The van der Waals surface area contributed by atoms with E-state index < -0.39 is 17.8 Å². The van der Waals surface area contributed by atoms with Gasteiger partial charge in [-0.1, -0.05) is 151 Å². The molecule has 5 aromatic carbocycles. The van der Waals surface area contributed by atoms with Crippen LogP contribution in [0.5, 0.6) is 0 Å². The smallest absolute Gasteiger partial charge is 0.155 e. The molecule has 5 aromatic rings. The Hall–Kier alpha value is -4.17. The van der Waals surface area contributed by atoms with Crippen molar-refractivity contribution < 1.29 is 4.74 Å². The van der Waals surface area contributed by atoms with Gasteiger partial charge in [0.25, 0.3) is 0 Å². The molecule has 0 aromatic heterocycles. The summed E-state index contributed by atoms with van der Waals surface area (Å²) >= 11 is 6.64. The highest BCUT2D eigenvalue weighted by molar-refractivity contribution is 8.21. The molecule has 224 valence electrons. The van der Waals surface area contributed by atoms with Crippen LogP contribution < -0.4 is 15.7 Å². The van der Waals surface area contributed by atoms with Crippen molar-refractivity contribution in [2.24, 2.45) is 4.99 Å². The first-order valence-electron chi connectivity index (χ1n) is 15.3. The van der Waals surface area contributed by atoms with E-state index in [0.717, 1.165) is 50.6 Å². The Morgan fingerprint density at radius 2 is 1.20 bits per heavy atom. The Morgan fingerprint density at radius 3 is 1.71 bits per heavy atom. The van der Waals surface area contributed by atoms with E-state index in [2.05, 4.69) is 90.9 Å². The van der Waals surface area contributed by atoms with Gasteiger partial charge in [-0.25, -0.2) is 0 Å². The fourth-order valence-electron chi connectivity index (χ4n) is 6.05. The van der Waals surface area contributed by atoms with Crippen molar-refractivity contribution in [2.45, 2.75) is 38.0 Å². The number of nitrogens with zero attached hydrogens (tertiary/aromatic N) is 2. The quantitative estimate of drug-likeness (QED) is 0.111. The molecule has 0 amide bonds. The van der Waals surface area contributed by atoms with Gasteiger partial charge in [0, 0.05) is 28.3 Å². The van der Waals surface area contributed by atoms with Crippen LogP contribution in [0.4, 0.5) is 0 Å². The van der Waals surface area contributed by atoms with Crippen molar-refractivity contribution in [3.8, 4) is 17.2 Å². The molecular weight excluding hydrogens is 589 g/mol. The van der Waals surface area contributed by atoms with E-state index >= 15 is 0 Å². The second-order valence-electron chi connectivity index (χ2n) is 11.6. The zero-order valence-electron chi connectivity index (χ0n) is 25.3. The number of aliphatic imine (C=N–C) groups is 1. The van der Waals surface area contributed by atoms with Crippen molar-refractivity contribution >= 4 is 34.3 Å². The molecule has 0 fully saturated rings. The fraction of sp³-hybridized carbons (Fsp3) is 0.179. The highest BCUT2D eigenvalue weighted by atomic mass is 32.4. The summed E-state index contributed by atoms with van der Waals surface area (Å²) in [5, 5.41) is 16.9. The van der Waals surface area contributed by atoms with Crippen LogP contribution in [0.15, 0.2) is 145 Å². The molecule has 0 heterocycles. The molecule has 0 unspecified atom stereocenters. The summed E-state index contributed by atoms with van der Waals surface area (Å²) in [6.45, 7) is 3.22. The molecule has 4 nitrogen and oxygen atoms in total. The number of hydrogen-bond acceptors (Lipinski definition) is 4. The van der Waals surface area contributed by atoms with Gasteiger partial charge in [-0.3, -0.25) is 10.1 Å². The van der Waals surface area contributed by atoms with Crippen molar-refractivity contribution in [3.63, 3.8) is 0 Å². The van der Waals surface area contributed by atoms with Crippen LogP contribution in [0, 0.1) is 11.3 Å². The predicted molar refractivity (Wildman–Crippen MR) is 190 cm³/mol. The Balaban J connectivity index is 1.38. The minimum atomic E-state index is -2.57. The molecule has 1 aliphatic carbocycles. The number of rotatable bonds is 12. The summed E-state index contributed by atoms with van der Waals surface area (Å²) in [6, 6.07) is 49.3. The Kier molecular flexibility index (Phi) is 9.50. The first kappa shape index (κ1) is 30.8. The lowest BCUT2D eigenvalue weighted by Gasteiger charge is -2.39. The third-order valence-electron chi connectivity index (χ3n) is 8.39. The number of fused-ring (bicyclic) bond motifs is 3. The highest BCUT2D eigenvalue weighted by Crippen LogP contribution is 2.44. The van der Waals surface area contributed by atoms with Crippen LogP contribution in [-0.4, -0.2) is 23.9 Å². The average molecular weight is 626 g/mol. The molecule has 0 bridgehead atoms. The zero-order valence-corrected chi connectivity index (χ0v) is 27.1. The van der Waals surface area contributed by atoms with Crippen LogP contribution in [0.25, 0.3) is 11.1 Å². The van der Waals surface area contributed by atoms with E-state index in [1.165, 1.54) is 0 Å². The minimum Gasteiger partial charge on any atom is -0.377 e. The number of nitrogens with one attached hydrogen (secondary N) is 1. The van der Waals surface area contributed by atoms with Crippen LogP contribution in [0.3, 0.4) is 0 Å². The molecule has 6 heteroatoms. The standard InChI is InChI=1S/C39H36N3OPS/c1-39(26-15-27-43-29-30-16-5-2-6-17-30,42-44(45,31-18-7-3-8-19-31)32-20-9-4-10-21-32)37(28-40)41-38-35-24-13-11-22-33(35)34-23-12-14-25-36(34)38/h2-14,16-25,37H,15,26-27,29H2,1H3,(H,42,45)/t37-,39+/m0/s1. The monoisotopic (exact) mass is 625 g/mol. The predicted octanol–water partition coefficient (Wildman–Crippen LogP) is 7.79. The summed E-state index contributed by atoms with van der Waals surface area (Å²) in [7, 11) is 0. The van der Waals surface area contributed by atoms with Crippen LogP contribution in [0.1, 0.15) is 36.5 Å². The van der Waals surface area contributed by atoms with Crippen LogP contribution in [-0.2, 0) is 23.2 Å². The van der Waals surface area contributed by atoms with Crippen molar-refractivity contribution in [1.29, 1.82) is 5.26 Å². The van der Waals surface area contributed by atoms with Gasteiger partial charge in [-0.2, -0.15) is 5.26 Å². The lowest BCUT2D eigenvalue weighted by Crippen LogP contribution is -2.52. The third-order valence-corrected chi connectivity index (χ3v) is 12.8. The van der Waals surface area contributed by atoms with Gasteiger partial charge in [-0.05, 0) is 36.5 Å². The molecule has 0 aliphatic heterocycles. The Labute approximate surface area is 271 Å². The normalized spacial score (nSPS) is 14.1. The number of ether oxygens (including phenoxy) is 1. The molecular formula is C39H36N3OPS. The molecule has 2 atom stereocenters. The van der Waals surface area contributed by atoms with Gasteiger partial charge in [0.15, 0.2) is 6.04 Å². The Bertz CT molecular complexity index is 1780. The van der Waals surface area contributed by atoms with Crippen molar-refractivity contribution in [3.05, 3.63) is 156 Å². The second kappa shape index (κ2) is 13.9. The summed E-state index contributed by atoms with van der Waals surface area (Å²) in [4.78, 5) is 5.29. The zero-order chi connectivity index (χ0) is 31.1. The summed E-state index contributed by atoms with van der Waals surface area (Å²) in [6.07, 6.45) is -1.18. The third kappa shape index (κ3) is 6.61. The van der Waals surface area contributed by atoms with Crippen LogP contribution in [0.2, 0.25) is 0 Å². The number of hydrogen-bond donors (Lipinski definition) is 1. The SMILES string of the molecule is C[C@](CCCOCc1ccccc1)(NP(=S)(c1ccccc1)c1ccccc1)[C@H](C#N)N=C1c2ccccc2-c2ccccc21. The lowest BCUT2D eigenvalue weighted by molar-refractivity contribution is 0.111. The second-order valence-corrected chi connectivity index (χ2v) is 15.7. The number of benzene rings is 5. The average Bonchev–Trinajstić information content (AvgIpc) is 3.41. The first-order valence-corrected chi connectivity index (χ1v) is 18.1. The molecule has 0 saturated carbocycles. The molecule has 1 N–H and O–H groups in total. The van der Waals surface area contributed by atoms with E-state index in [9.17, 15) is 5.26 Å². The van der Waals surface area contributed by atoms with Gasteiger partial charge in [-0.15, -0.1) is 0 Å². The van der Waals surface area contributed by atoms with Gasteiger partial charge in [0.1, 0.15) is 0 Å². The van der Waals surface area contributed by atoms with Crippen molar-refractivity contribution in [1.82, 2.24) is 5.09 Å². The lowest BCUT2D eigenvalue weighted by atomic mass is 9.89. The molecule has 45 heavy (non-hydrogen) atoms. The summed E-state index contributed by atoms with van der Waals surface area (Å²) in [5.41, 5.74) is 5.63. The molecule has 0 spiro atoms. The summed E-state index contributed by atoms with van der Waals surface area (Å²) in [5.74, 6) is 0. The van der Waals surface area contributed by atoms with Crippen LogP contribution >= 0.6 is 6.19 Å². The van der Waals surface area contributed by atoms with E-state index in [1.54, 1.807) is 0 Å². The van der Waals surface area contributed by atoms with E-state index in [0.29, 0.717) is 19.6 Å². The van der Waals surface area contributed by atoms with Gasteiger partial charge in [0.2, 0.25) is 0 Å². The van der Waals surface area contributed by atoms with E-state index in [4.69, 9.17) is 21.5 Å². The largest absolute Gasteiger partial charge is 0.377 e. The fourth-order valence-corrected chi connectivity index (χ4v) is 10.1. The molecule has 1 aliphatic rings. The van der Waals surface area contributed by atoms with Gasteiger partial charge in [0.05, 0.1) is 30.1 Å². The highest BCUT2D eigenvalue weighted by Gasteiger charge is 2.40. The molecule has 0 saturated heterocycles. The summed E-state index contributed by atoms with van der Waals surface area (Å²) < 4.78 is 6.09. The number of nitriles is 1. The maximum absolute atomic E-state index is 10.9. The maximum Gasteiger partial charge on any atom is 0.155 e. The van der Waals surface area contributed by atoms with E-state index in [1.807, 2.05) is 66.7 Å². The minimum absolute atomic E-state index is 0.550. The van der Waals surface area contributed by atoms with Gasteiger partial charge < -0.3 is 4.74 Å². The topological polar surface area (TPSA) is 57.4 Å². The van der Waals surface area contributed by atoms with Gasteiger partial charge >= 0.3 is 0 Å². The van der Waals surface area contributed by atoms with E-state index in [-0.39, 0.29) is 0 Å². The first-order chi connectivity index (χ1) is 22.0. The maximum atomic E-state index is 10.9. The van der Waals surface area contributed by atoms with Crippen molar-refractivity contribution in [2.75, 3.05) is 6.61 Å².